The van der Waals surface area contributed by atoms with E-state index in [1.807, 2.05) is 24.3 Å². The lowest BCUT2D eigenvalue weighted by molar-refractivity contribution is -0.0275. The van der Waals surface area contributed by atoms with E-state index in [-0.39, 0.29) is 6.54 Å². The van der Waals surface area contributed by atoms with Crippen molar-refractivity contribution in [3.63, 3.8) is 0 Å². The molecule has 0 saturated carbocycles. The quantitative estimate of drug-likeness (QED) is 0.572. The van der Waals surface area contributed by atoms with Crippen LogP contribution in [-0.4, -0.2) is 23.0 Å². The van der Waals surface area contributed by atoms with Gasteiger partial charge in [0.2, 0.25) is 0 Å². The Labute approximate surface area is 84.6 Å². The molecular formula is C8H10INO2. The highest BCUT2D eigenvalue weighted by Gasteiger charge is 1.96. The summed E-state index contributed by atoms with van der Waals surface area (Å²) in [7, 11) is 0. The lowest BCUT2D eigenvalue weighted by Gasteiger charge is -2.06. The van der Waals surface area contributed by atoms with Crippen molar-refractivity contribution in [2.24, 2.45) is 0 Å². The summed E-state index contributed by atoms with van der Waals surface area (Å²) >= 11 is 2.21. The van der Waals surface area contributed by atoms with Crippen molar-refractivity contribution in [2.45, 2.75) is 6.29 Å². The van der Waals surface area contributed by atoms with Gasteiger partial charge in [-0.25, -0.2) is 0 Å². The summed E-state index contributed by atoms with van der Waals surface area (Å²) in [4.78, 5) is 0. The molecule has 1 aromatic rings. The molecule has 1 rings (SSSR count). The predicted molar refractivity (Wildman–Crippen MR) is 55.9 cm³/mol. The Morgan fingerprint density at radius 3 is 2.33 bits per heavy atom. The molecule has 0 saturated heterocycles. The molecule has 0 aliphatic heterocycles. The average molecular weight is 279 g/mol. The van der Waals surface area contributed by atoms with E-state index in [9.17, 15) is 0 Å². The van der Waals surface area contributed by atoms with Crippen molar-refractivity contribution in [2.75, 3.05) is 11.9 Å². The van der Waals surface area contributed by atoms with Gasteiger partial charge in [-0.1, -0.05) is 0 Å². The van der Waals surface area contributed by atoms with Gasteiger partial charge >= 0.3 is 0 Å². The summed E-state index contributed by atoms with van der Waals surface area (Å²) in [6.45, 7) is 0.153. The van der Waals surface area contributed by atoms with E-state index < -0.39 is 6.29 Å². The number of benzene rings is 1. The number of rotatable bonds is 3. The molecule has 0 bridgehead atoms. The molecule has 0 fully saturated rings. The van der Waals surface area contributed by atoms with Gasteiger partial charge in [0.25, 0.3) is 0 Å². The summed E-state index contributed by atoms with van der Waals surface area (Å²) < 4.78 is 1.16. The van der Waals surface area contributed by atoms with E-state index in [4.69, 9.17) is 10.2 Å². The molecule has 0 aliphatic rings. The molecule has 0 aliphatic carbocycles. The second-order valence-electron chi connectivity index (χ2n) is 2.37. The van der Waals surface area contributed by atoms with Crippen molar-refractivity contribution in [1.82, 2.24) is 0 Å². The number of hydrogen-bond donors (Lipinski definition) is 3. The fraction of sp³-hybridized carbons (Fsp3) is 0.250. The fourth-order valence-corrected chi connectivity index (χ4v) is 1.14. The van der Waals surface area contributed by atoms with E-state index in [1.165, 1.54) is 0 Å². The van der Waals surface area contributed by atoms with Crippen LogP contribution >= 0.6 is 22.6 Å². The molecule has 1 aromatic carbocycles. The van der Waals surface area contributed by atoms with E-state index in [1.54, 1.807) is 0 Å². The first kappa shape index (κ1) is 9.76. The third kappa shape index (κ3) is 3.38. The van der Waals surface area contributed by atoms with Gasteiger partial charge < -0.3 is 15.5 Å². The third-order valence-electron chi connectivity index (χ3n) is 1.33. The van der Waals surface area contributed by atoms with Crippen LogP contribution in [0.5, 0.6) is 0 Å². The van der Waals surface area contributed by atoms with Crippen LogP contribution in [-0.2, 0) is 0 Å². The van der Waals surface area contributed by atoms with Crippen LogP contribution < -0.4 is 5.32 Å². The van der Waals surface area contributed by atoms with Gasteiger partial charge in [0, 0.05) is 9.26 Å². The van der Waals surface area contributed by atoms with E-state index in [0.717, 1.165) is 9.26 Å². The minimum atomic E-state index is -1.30. The smallest absolute Gasteiger partial charge is 0.169 e. The summed E-state index contributed by atoms with van der Waals surface area (Å²) in [6, 6.07) is 7.69. The Kier molecular flexibility index (Phi) is 3.77. The lowest BCUT2D eigenvalue weighted by Crippen LogP contribution is -2.18. The highest BCUT2D eigenvalue weighted by Crippen LogP contribution is 2.10. The number of hydrogen-bond acceptors (Lipinski definition) is 3. The van der Waals surface area contributed by atoms with Crippen molar-refractivity contribution < 1.29 is 10.2 Å². The molecular weight excluding hydrogens is 269 g/mol. The minimum absolute atomic E-state index is 0.153. The first-order chi connectivity index (χ1) is 5.68. The molecule has 4 heteroatoms. The van der Waals surface area contributed by atoms with E-state index in [2.05, 4.69) is 27.9 Å². The highest BCUT2D eigenvalue weighted by atomic mass is 127. The Hall–Kier alpha value is -0.330. The topological polar surface area (TPSA) is 52.5 Å². The fourth-order valence-electron chi connectivity index (χ4n) is 0.777. The first-order valence-corrected chi connectivity index (χ1v) is 4.62. The number of nitrogens with one attached hydrogen (secondary N) is 1. The molecule has 66 valence electrons. The normalized spacial score (nSPS) is 10.3. The monoisotopic (exact) mass is 279 g/mol. The summed E-state index contributed by atoms with van der Waals surface area (Å²) in [5.74, 6) is 0. The van der Waals surface area contributed by atoms with Crippen LogP contribution in [0, 0.1) is 3.57 Å². The van der Waals surface area contributed by atoms with Gasteiger partial charge in [0.1, 0.15) is 0 Å². The van der Waals surface area contributed by atoms with Crippen molar-refractivity contribution in [1.29, 1.82) is 0 Å². The van der Waals surface area contributed by atoms with Gasteiger partial charge in [-0.05, 0) is 46.9 Å². The van der Waals surface area contributed by atoms with E-state index in [0.29, 0.717) is 0 Å². The molecule has 0 unspecified atom stereocenters. The summed E-state index contributed by atoms with van der Waals surface area (Å²) in [5.41, 5.74) is 0.892. The summed E-state index contributed by atoms with van der Waals surface area (Å²) in [6.07, 6.45) is -1.30. The van der Waals surface area contributed by atoms with Crippen molar-refractivity contribution in [3.05, 3.63) is 27.8 Å². The maximum absolute atomic E-state index is 8.56. The second kappa shape index (κ2) is 4.64. The summed E-state index contributed by atoms with van der Waals surface area (Å²) in [5, 5.41) is 20.0. The van der Waals surface area contributed by atoms with E-state index >= 15 is 0 Å². The average Bonchev–Trinajstić information content (AvgIpc) is 2.03. The van der Waals surface area contributed by atoms with Gasteiger partial charge in [0.05, 0.1) is 6.54 Å². The van der Waals surface area contributed by atoms with Crippen molar-refractivity contribution >= 4 is 28.3 Å². The van der Waals surface area contributed by atoms with Crippen LogP contribution in [0.2, 0.25) is 0 Å². The lowest BCUT2D eigenvalue weighted by atomic mass is 10.3. The molecule has 0 spiro atoms. The van der Waals surface area contributed by atoms with Crippen LogP contribution in [0.4, 0.5) is 5.69 Å². The zero-order valence-electron chi connectivity index (χ0n) is 6.37. The van der Waals surface area contributed by atoms with Crippen LogP contribution in [0.25, 0.3) is 0 Å². The SMILES string of the molecule is OC(O)CNc1ccc(I)cc1. The Morgan fingerprint density at radius 2 is 1.83 bits per heavy atom. The molecule has 12 heavy (non-hydrogen) atoms. The number of halogens is 1. The Morgan fingerprint density at radius 1 is 1.25 bits per heavy atom. The van der Waals surface area contributed by atoms with Crippen molar-refractivity contribution in [3.8, 4) is 0 Å². The van der Waals surface area contributed by atoms with Gasteiger partial charge in [-0.3, -0.25) is 0 Å². The number of aliphatic hydroxyl groups excluding tert-OH is 1. The van der Waals surface area contributed by atoms with Gasteiger partial charge in [-0.15, -0.1) is 0 Å². The molecule has 0 amide bonds. The second-order valence-corrected chi connectivity index (χ2v) is 3.61. The Bertz CT molecular complexity index is 235. The molecule has 0 aromatic heterocycles. The van der Waals surface area contributed by atoms with Crippen LogP contribution in [0.15, 0.2) is 24.3 Å². The third-order valence-corrected chi connectivity index (χ3v) is 2.05. The molecule has 3 nitrogen and oxygen atoms in total. The largest absolute Gasteiger partial charge is 0.380 e. The number of aliphatic hydroxyl groups is 2. The zero-order valence-corrected chi connectivity index (χ0v) is 8.52. The first-order valence-electron chi connectivity index (χ1n) is 3.54. The van der Waals surface area contributed by atoms with Crippen LogP contribution in [0.3, 0.4) is 0 Å². The van der Waals surface area contributed by atoms with Gasteiger partial charge in [-0.2, -0.15) is 0 Å². The Balaban J connectivity index is 2.48. The maximum Gasteiger partial charge on any atom is 0.169 e. The molecule has 0 radical (unpaired) electrons. The molecule has 0 heterocycles. The predicted octanol–water partition coefficient (Wildman–Crippen LogP) is 1.01. The highest BCUT2D eigenvalue weighted by molar-refractivity contribution is 14.1. The van der Waals surface area contributed by atoms with Gasteiger partial charge in [0.15, 0.2) is 6.29 Å². The molecule has 0 atom stereocenters. The van der Waals surface area contributed by atoms with Crippen LogP contribution in [0.1, 0.15) is 0 Å². The minimum Gasteiger partial charge on any atom is -0.380 e. The molecule has 3 N–H and O–H groups in total. The zero-order chi connectivity index (χ0) is 8.97. The maximum atomic E-state index is 8.56. The standard InChI is InChI=1S/C8H10INO2/c9-6-1-3-7(4-2-6)10-5-8(11)12/h1-4,8,10-12H,5H2. The number of anilines is 1.